The van der Waals surface area contributed by atoms with E-state index < -0.39 is 0 Å². The average Bonchev–Trinajstić information content (AvgIpc) is 2.28. The van der Waals surface area contributed by atoms with E-state index in [1.807, 2.05) is 0 Å². The molecule has 0 heterocycles. The highest BCUT2D eigenvalue weighted by Gasteiger charge is 2.16. The molecule has 0 fully saturated rings. The van der Waals surface area contributed by atoms with Crippen LogP contribution in [0.25, 0.3) is 0 Å². The van der Waals surface area contributed by atoms with Crippen molar-refractivity contribution in [3.8, 4) is 5.75 Å². The van der Waals surface area contributed by atoms with Crippen molar-refractivity contribution in [1.82, 2.24) is 0 Å². The van der Waals surface area contributed by atoms with Crippen molar-refractivity contribution in [2.24, 2.45) is 11.5 Å². The van der Waals surface area contributed by atoms with E-state index in [4.69, 9.17) is 16.2 Å². The summed E-state index contributed by atoms with van der Waals surface area (Å²) in [4.78, 5) is 0. The van der Waals surface area contributed by atoms with Gasteiger partial charge in [-0.2, -0.15) is 0 Å². The van der Waals surface area contributed by atoms with Crippen LogP contribution in [0.3, 0.4) is 0 Å². The van der Waals surface area contributed by atoms with Gasteiger partial charge in [-0.15, -0.1) is 12.4 Å². The molecule has 1 aromatic carbocycles. The number of rotatable bonds is 6. The van der Waals surface area contributed by atoms with Crippen LogP contribution in [0.5, 0.6) is 5.75 Å². The molecule has 0 radical (unpaired) electrons. The van der Waals surface area contributed by atoms with Crippen LogP contribution >= 0.6 is 12.4 Å². The molecule has 0 spiro atoms. The van der Waals surface area contributed by atoms with Crippen LogP contribution in [0.4, 0.5) is 4.39 Å². The third-order valence-corrected chi connectivity index (χ3v) is 2.57. The van der Waals surface area contributed by atoms with Crippen molar-refractivity contribution in [2.45, 2.75) is 25.3 Å². The Morgan fingerprint density at radius 1 is 1.35 bits per heavy atom. The average molecular weight is 263 g/mol. The van der Waals surface area contributed by atoms with E-state index in [0.29, 0.717) is 24.3 Å². The lowest BCUT2D eigenvalue weighted by Crippen LogP contribution is -2.14. The first-order valence-electron chi connectivity index (χ1n) is 5.48. The summed E-state index contributed by atoms with van der Waals surface area (Å²) in [6.45, 7) is 0.640. The minimum absolute atomic E-state index is 0. The number of nitrogens with two attached hydrogens (primary N) is 2. The van der Waals surface area contributed by atoms with Gasteiger partial charge in [-0.05, 0) is 31.5 Å². The summed E-state index contributed by atoms with van der Waals surface area (Å²) in [5.74, 6) is 0.208. The van der Waals surface area contributed by atoms with E-state index in [-0.39, 0.29) is 24.3 Å². The lowest BCUT2D eigenvalue weighted by Gasteiger charge is -2.16. The van der Waals surface area contributed by atoms with Gasteiger partial charge in [-0.25, -0.2) is 4.39 Å². The van der Waals surface area contributed by atoms with Crippen LogP contribution < -0.4 is 16.2 Å². The monoisotopic (exact) mass is 262 g/mol. The van der Waals surface area contributed by atoms with Gasteiger partial charge < -0.3 is 16.2 Å². The Kier molecular flexibility index (Phi) is 7.87. The van der Waals surface area contributed by atoms with Gasteiger partial charge in [0.05, 0.1) is 7.11 Å². The van der Waals surface area contributed by atoms with Crippen LogP contribution in [0, 0.1) is 5.82 Å². The molecule has 0 bridgehead atoms. The Morgan fingerprint density at radius 2 is 2.06 bits per heavy atom. The second-order valence-electron chi connectivity index (χ2n) is 3.75. The summed E-state index contributed by atoms with van der Waals surface area (Å²) in [6, 6.07) is 4.41. The quantitative estimate of drug-likeness (QED) is 0.774. The van der Waals surface area contributed by atoms with E-state index in [0.717, 1.165) is 12.8 Å². The van der Waals surface area contributed by atoms with Crippen LogP contribution in [-0.2, 0) is 0 Å². The molecular weight excluding hydrogens is 243 g/mol. The fourth-order valence-corrected chi connectivity index (χ4v) is 1.71. The van der Waals surface area contributed by atoms with E-state index in [1.54, 1.807) is 12.1 Å². The van der Waals surface area contributed by atoms with E-state index in [2.05, 4.69) is 0 Å². The molecule has 17 heavy (non-hydrogen) atoms. The molecule has 0 amide bonds. The van der Waals surface area contributed by atoms with Gasteiger partial charge in [0, 0.05) is 11.6 Å². The molecule has 4 N–H and O–H groups in total. The molecule has 1 aromatic rings. The van der Waals surface area contributed by atoms with Gasteiger partial charge in [-0.1, -0.05) is 12.5 Å². The molecule has 0 aromatic heterocycles. The van der Waals surface area contributed by atoms with Crippen molar-refractivity contribution in [1.29, 1.82) is 0 Å². The normalized spacial score (nSPS) is 11.8. The lowest BCUT2D eigenvalue weighted by molar-refractivity contribution is 0.396. The van der Waals surface area contributed by atoms with Crippen LogP contribution in [-0.4, -0.2) is 13.7 Å². The minimum atomic E-state index is -0.331. The van der Waals surface area contributed by atoms with E-state index >= 15 is 0 Å². The van der Waals surface area contributed by atoms with Crippen molar-refractivity contribution in [3.63, 3.8) is 0 Å². The highest BCUT2D eigenvalue weighted by atomic mass is 35.5. The van der Waals surface area contributed by atoms with E-state index in [1.165, 1.54) is 13.2 Å². The fourth-order valence-electron chi connectivity index (χ4n) is 1.71. The Bertz CT molecular complexity index is 336. The second-order valence-corrected chi connectivity index (χ2v) is 3.75. The molecule has 3 nitrogen and oxygen atoms in total. The number of hydrogen-bond donors (Lipinski definition) is 2. The SMILES string of the molecule is COc1cccc(F)c1[C@H](N)CCCCN.Cl. The first-order valence-corrected chi connectivity index (χ1v) is 5.48. The molecule has 98 valence electrons. The summed E-state index contributed by atoms with van der Waals surface area (Å²) in [5, 5.41) is 0. The predicted octanol–water partition coefficient (Wildman–Crippen LogP) is 2.38. The molecular formula is C12H20ClFN2O. The van der Waals surface area contributed by atoms with Gasteiger partial charge in [0.1, 0.15) is 11.6 Å². The summed E-state index contributed by atoms with van der Waals surface area (Å²) in [5.41, 5.74) is 11.8. The fraction of sp³-hybridized carbons (Fsp3) is 0.500. The topological polar surface area (TPSA) is 61.3 Å². The number of ether oxygens (including phenoxy) is 1. The maximum atomic E-state index is 13.6. The number of methoxy groups -OCH3 is 1. The van der Waals surface area contributed by atoms with Crippen LogP contribution in [0.15, 0.2) is 18.2 Å². The third-order valence-electron chi connectivity index (χ3n) is 2.57. The molecule has 1 rings (SSSR count). The largest absolute Gasteiger partial charge is 0.496 e. The van der Waals surface area contributed by atoms with Gasteiger partial charge in [0.25, 0.3) is 0 Å². The zero-order valence-electron chi connectivity index (χ0n) is 9.99. The molecule has 0 aliphatic rings. The predicted molar refractivity (Wildman–Crippen MR) is 70.0 cm³/mol. The van der Waals surface area contributed by atoms with Crippen molar-refractivity contribution < 1.29 is 9.13 Å². The van der Waals surface area contributed by atoms with Crippen molar-refractivity contribution in [2.75, 3.05) is 13.7 Å². The summed E-state index contributed by atoms with van der Waals surface area (Å²) in [6.07, 6.45) is 2.52. The zero-order chi connectivity index (χ0) is 12.0. The first-order chi connectivity index (χ1) is 7.70. The van der Waals surface area contributed by atoms with Gasteiger partial charge >= 0.3 is 0 Å². The molecule has 0 saturated carbocycles. The van der Waals surface area contributed by atoms with E-state index in [9.17, 15) is 4.39 Å². The van der Waals surface area contributed by atoms with Crippen molar-refractivity contribution >= 4 is 12.4 Å². The highest BCUT2D eigenvalue weighted by molar-refractivity contribution is 5.85. The second kappa shape index (κ2) is 8.28. The number of unbranched alkanes of at least 4 members (excludes halogenated alkanes) is 1. The molecule has 5 heteroatoms. The lowest BCUT2D eigenvalue weighted by atomic mass is 10.0. The minimum Gasteiger partial charge on any atom is -0.496 e. The van der Waals surface area contributed by atoms with Gasteiger partial charge in [0.15, 0.2) is 0 Å². The Hall–Kier alpha value is -0.840. The summed E-state index contributed by atoms with van der Waals surface area (Å²) in [7, 11) is 1.52. The van der Waals surface area contributed by atoms with Crippen molar-refractivity contribution in [3.05, 3.63) is 29.6 Å². The molecule has 0 aliphatic heterocycles. The highest BCUT2D eigenvalue weighted by Crippen LogP contribution is 2.29. The summed E-state index contributed by atoms with van der Waals surface area (Å²) >= 11 is 0. The first kappa shape index (κ1) is 16.2. The number of hydrogen-bond acceptors (Lipinski definition) is 3. The molecule has 1 atom stereocenters. The molecule has 0 aliphatic carbocycles. The molecule has 0 unspecified atom stereocenters. The standard InChI is InChI=1S/C12H19FN2O.ClH/c1-16-11-7-4-5-9(13)12(11)10(15)6-2-3-8-14;/h4-5,7,10H,2-3,6,8,14-15H2,1H3;1H/t10-;/m1./s1. The molecule has 0 saturated heterocycles. The third kappa shape index (κ3) is 4.50. The Morgan fingerprint density at radius 3 is 2.65 bits per heavy atom. The smallest absolute Gasteiger partial charge is 0.131 e. The maximum absolute atomic E-state index is 13.6. The Balaban J connectivity index is 0.00000256. The Labute approximate surface area is 108 Å². The number of halogens is 2. The maximum Gasteiger partial charge on any atom is 0.131 e. The van der Waals surface area contributed by atoms with Gasteiger partial charge in [0.2, 0.25) is 0 Å². The van der Waals surface area contributed by atoms with Gasteiger partial charge in [-0.3, -0.25) is 0 Å². The van der Waals surface area contributed by atoms with Crippen LogP contribution in [0.1, 0.15) is 30.9 Å². The van der Waals surface area contributed by atoms with Crippen LogP contribution in [0.2, 0.25) is 0 Å². The summed E-state index contributed by atoms with van der Waals surface area (Å²) < 4.78 is 18.7. The zero-order valence-corrected chi connectivity index (χ0v) is 10.8. The number of benzene rings is 1.